The van der Waals surface area contributed by atoms with Crippen molar-refractivity contribution in [3.8, 4) is 5.69 Å². The highest BCUT2D eigenvalue weighted by Crippen LogP contribution is 2.25. The van der Waals surface area contributed by atoms with E-state index in [9.17, 15) is 0 Å². The maximum atomic E-state index is 4.33. The molecule has 0 aliphatic heterocycles. The summed E-state index contributed by atoms with van der Waals surface area (Å²) in [6.07, 6.45) is 3.40. The number of anilines is 1. The van der Waals surface area contributed by atoms with Crippen LogP contribution in [-0.4, -0.2) is 25.2 Å². The topological polar surface area (TPSA) is 68.5 Å². The van der Waals surface area contributed by atoms with Gasteiger partial charge in [0, 0.05) is 17.3 Å². The standard InChI is InChI=1S/C13H14N6S/c1-9-3-4-11(19-8-15-17-18-19)7-12(9)16-10(2)13-14-5-6-20-13/h3-8,10,16H,1-2H3. The van der Waals surface area contributed by atoms with Crippen molar-refractivity contribution in [3.63, 3.8) is 0 Å². The summed E-state index contributed by atoms with van der Waals surface area (Å²) < 4.78 is 1.64. The van der Waals surface area contributed by atoms with Crippen LogP contribution in [0.3, 0.4) is 0 Å². The molecule has 0 aliphatic carbocycles. The van der Waals surface area contributed by atoms with E-state index in [2.05, 4.69) is 39.7 Å². The van der Waals surface area contributed by atoms with E-state index in [1.807, 2.05) is 29.8 Å². The van der Waals surface area contributed by atoms with Crippen molar-refractivity contribution in [1.82, 2.24) is 25.2 Å². The Kier molecular flexibility index (Phi) is 3.42. The lowest BCUT2D eigenvalue weighted by Crippen LogP contribution is -2.08. The van der Waals surface area contributed by atoms with Crippen LogP contribution in [0, 0.1) is 6.92 Å². The summed E-state index contributed by atoms with van der Waals surface area (Å²) in [4.78, 5) is 4.33. The van der Waals surface area contributed by atoms with Gasteiger partial charge in [-0.05, 0) is 42.0 Å². The van der Waals surface area contributed by atoms with Crippen LogP contribution >= 0.6 is 11.3 Å². The molecule has 0 spiro atoms. The Morgan fingerprint density at radius 2 is 2.25 bits per heavy atom. The summed E-state index contributed by atoms with van der Waals surface area (Å²) >= 11 is 1.65. The fourth-order valence-corrected chi connectivity index (χ4v) is 2.58. The molecule has 1 aromatic carbocycles. The van der Waals surface area contributed by atoms with Gasteiger partial charge >= 0.3 is 0 Å². The number of nitrogens with zero attached hydrogens (tertiary/aromatic N) is 5. The third-order valence-electron chi connectivity index (χ3n) is 3.03. The van der Waals surface area contributed by atoms with Crippen LogP contribution < -0.4 is 5.32 Å². The Morgan fingerprint density at radius 1 is 1.35 bits per heavy atom. The quantitative estimate of drug-likeness (QED) is 0.798. The van der Waals surface area contributed by atoms with Crippen LogP contribution in [0.2, 0.25) is 0 Å². The van der Waals surface area contributed by atoms with Gasteiger partial charge in [0.05, 0.1) is 11.7 Å². The molecule has 3 rings (SSSR count). The van der Waals surface area contributed by atoms with Gasteiger partial charge < -0.3 is 5.32 Å². The number of nitrogens with one attached hydrogen (secondary N) is 1. The molecule has 0 bridgehead atoms. The lowest BCUT2D eigenvalue weighted by atomic mass is 10.1. The van der Waals surface area contributed by atoms with Gasteiger partial charge in [-0.1, -0.05) is 6.07 Å². The molecule has 3 aromatic rings. The minimum atomic E-state index is 0.165. The summed E-state index contributed by atoms with van der Waals surface area (Å²) in [6.45, 7) is 4.17. The number of aryl methyl sites for hydroxylation is 1. The predicted octanol–water partition coefficient (Wildman–Crippen LogP) is 2.60. The highest BCUT2D eigenvalue weighted by molar-refractivity contribution is 7.09. The molecule has 2 heterocycles. The minimum absolute atomic E-state index is 0.165. The van der Waals surface area contributed by atoms with Crippen LogP contribution in [0.25, 0.3) is 5.69 Å². The number of aromatic nitrogens is 5. The second kappa shape index (κ2) is 5.38. The van der Waals surface area contributed by atoms with E-state index in [4.69, 9.17) is 0 Å². The van der Waals surface area contributed by atoms with Crippen LogP contribution in [0.1, 0.15) is 23.5 Å². The van der Waals surface area contributed by atoms with Gasteiger partial charge in [0.25, 0.3) is 0 Å². The molecular formula is C13H14N6S. The van der Waals surface area contributed by atoms with Gasteiger partial charge in [-0.15, -0.1) is 16.4 Å². The Hall–Kier alpha value is -2.28. The van der Waals surface area contributed by atoms with Crippen molar-refractivity contribution in [2.45, 2.75) is 19.9 Å². The van der Waals surface area contributed by atoms with Crippen LogP contribution in [0.4, 0.5) is 5.69 Å². The van der Waals surface area contributed by atoms with Crippen molar-refractivity contribution >= 4 is 17.0 Å². The Bertz CT molecular complexity index is 677. The summed E-state index contributed by atoms with van der Waals surface area (Å²) in [5.74, 6) is 0. The predicted molar refractivity (Wildman–Crippen MR) is 78.0 cm³/mol. The maximum Gasteiger partial charge on any atom is 0.143 e. The van der Waals surface area contributed by atoms with Gasteiger partial charge in [-0.2, -0.15) is 0 Å². The van der Waals surface area contributed by atoms with Crippen LogP contribution in [0.5, 0.6) is 0 Å². The zero-order valence-electron chi connectivity index (χ0n) is 11.2. The van der Waals surface area contributed by atoms with E-state index < -0.39 is 0 Å². The van der Waals surface area contributed by atoms with E-state index in [1.54, 1.807) is 22.3 Å². The van der Waals surface area contributed by atoms with Gasteiger partial charge in [-0.3, -0.25) is 0 Å². The zero-order chi connectivity index (χ0) is 13.9. The number of tetrazole rings is 1. The van der Waals surface area contributed by atoms with E-state index in [-0.39, 0.29) is 6.04 Å². The highest BCUT2D eigenvalue weighted by Gasteiger charge is 2.10. The minimum Gasteiger partial charge on any atom is -0.376 e. The molecule has 0 radical (unpaired) electrons. The largest absolute Gasteiger partial charge is 0.376 e. The van der Waals surface area contributed by atoms with E-state index in [0.717, 1.165) is 16.4 Å². The van der Waals surface area contributed by atoms with Gasteiger partial charge in [0.15, 0.2) is 0 Å². The van der Waals surface area contributed by atoms with Crippen molar-refractivity contribution in [1.29, 1.82) is 0 Å². The molecule has 1 N–H and O–H groups in total. The average molecular weight is 286 g/mol. The number of benzene rings is 1. The first-order valence-electron chi connectivity index (χ1n) is 6.24. The summed E-state index contributed by atoms with van der Waals surface area (Å²) in [7, 11) is 0. The van der Waals surface area contributed by atoms with Gasteiger partial charge in [-0.25, -0.2) is 9.67 Å². The van der Waals surface area contributed by atoms with Crippen molar-refractivity contribution in [3.05, 3.63) is 46.7 Å². The molecule has 0 amide bonds. The van der Waals surface area contributed by atoms with Crippen molar-refractivity contribution in [2.75, 3.05) is 5.32 Å². The third kappa shape index (κ3) is 2.53. The highest BCUT2D eigenvalue weighted by atomic mass is 32.1. The summed E-state index contributed by atoms with van der Waals surface area (Å²) in [5, 5.41) is 17.7. The second-order valence-corrected chi connectivity index (χ2v) is 5.42. The van der Waals surface area contributed by atoms with E-state index in [1.165, 1.54) is 5.56 Å². The smallest absolute Gasteiger partial charge is 0.143 e. The maximum absolute atomic E-state index is 4.33. The number of rotatable bonds is 4. The molecule has 1 unspecified atom stereocenters. The average Bonchev–Trinajstić information content (AvgIpc) is 3.14. The third-order valence-corrected chi connectivity index (χ3v) is 3.99. The molecule has 0 fully saturated rings. The Morgan fingerprint density at radius 3 is 2.95 bits per heavy atom. The Balaban J connectivity index is 1.87. The van der Waals surface area contributed by atoms with Gasteiger partial charge in [0.2, 0.25) is 0 Å². The monoisotopic (exact) mass is 286 g/mol. The summed E-state index contributed by atoms with van der Waals surface area (Å²) in [5.41, 5.74) is 3.15. The van der Waals surface area contributed by atoms with E-state index >= 15 is 0 Å². The van der Waals surface area contributed by atoms with Crippen molar-refractivity contribution in [2.24, 2.45) is 0 Å². The molecular weight excluding hydrogens is 272 g/mol. The van der Waals surface area contributed by atoms with E-state index in [0.29, 0.717) is 0 Å². The molecule has 20 heavy (non-hydrogen) atoms. The number of hydrogen-bond acceptors (Lipinski definition) is 6. The van der Waals surface area contributed by atoms with Crippen LogP contribution in [-0.2, 0) is 0 Å². The number of hydrogen-bond donors (Lipinski definition) is 1. The SMILES string of the molecule is Cc1ccc(-n2cnnn2)cc1NC(C)c1nccs1. The molecule has 0 aliphatic rings. The lowest BCUT2D eigenvalue weighted by molar-refractivity contribution is 0.788. The number of thiazole rings is 1. The van der Waals surface area contributed by atoms with Crippen LogP contribution in [0.15, 0.2) is 36.1 Å². The molecule has 0 saturated heterocycles. The normalized spacial score (nSPS) is 12.3. The first kappa shape index (κ1) is 12.7. The van der Waals surface area contributed by atoms with Crippen molar-refractivity contribution < 1.29 is 0 Å². The molecule has 7 heteroatoms. The molecule has 102 valence electrons. The first-order valence-corrected chi connectivity index (χ1v) is 7.12. The Labute approximate surface area is 120 Å². The second-order valence-electron chi connectivity index (χ2n) is 4.49. The fraction of sp³-hybridized carbons (Fsp3) is 0.231. The molecule has 1 atom stereocenters. The first-order chi connectivity index (χ1) is 9.74. The lowest BCUT2D eigenvalue weighted by Gasteiger charge is -2.16. The molecule has 0 saturated carbocycles. The fourth-order valence-electron chi connectivity index (χ4n) is 1.93. The molecule has 6 nitrogen and oxygen atoms in total. The van der Waals surface area contributed by atoms with Gasteiger partial charge in [0.1, 0.15) is 11.3 Å². The summed E-state index contributed by atoms with van der Waals surface area (Å²) in [6, 6.07) is 6.24. The molecule has 2 aromatic heterocycles. The zero-order valence-corrected chi connectivity index (χ0v) is 12.0.